The van der Waals surface area contributed by atoms with Crippen LogP contribution in [0.25, 0.3) is 6.08 Å². The standard InChI is InChI=1S/C17H18N2O5S2/c1-3-23-17(22)13-11(14(16(21)19-2)26-15(13)18)8-24-12(20)5-4-10-6-7-25-9-10/h4-7,9H,3,8,18H2,1-2H3,(H,19,21)/b5-4+. The van der Waals surface area contributed by atoms with E-state index in [1.807, 2.05) is 16.8 Å². The molecule has 2 aromatic rings. The first-order valence-corrected chi connectivity index (χ1v) is 9.41. The zero-order valence-corrected chi connectivity index (χ0v) is 15.9. The van der Waals surface area contributed by atoms with E-state index in [1.54, 1.807) is 13.0 Å². The largest absolute Gasteiger partial charge is 0.462 e. The molecule has 0 spiro atoms. The Labute approximate surface area is 158 Å². The van der Waals surface area contributed by atoms with Crippen molar-refractivity contribution < 1.29 is 23.9 Å². The van der Waals surface area contributed by atoms with Crippen LogP contribution in [-0.2, 0) is 20.9 Å². The Bertz CT molecular complexity index is 825. The molecule has 0 aliphatic rings. The van der Waals surface area contributed by atoms with Crippen molar-refractivity contribution in [2.45, 2.75) is 13.5 Å². The summed E-state index contributed by atoms with van der Waals surface area (Å²) >= 11 is 2.46. The first-order valence-electron chi connectivity index (χ1n) is 7.65. The maximum atomic E-state index is 12.2. The summed E-state index contributed by atoms with van der Waals surface area (Å²) in [7, 11) is 1.46. The monoisotopic (exact) mass is 394 g/mol. The predicted molar refractivity (Wildman–Crippen MR) is 101 cm³/mol. The molecule has 7 nitrogen and oxygen atoms in total. The molecule has 2 rings (SSSR count). The van der Waals surface area contributed by atoms with Gasteiger partial charge in [-0.3, -0.25) is 4.79 Å². The van der Waals surface area contributed by atoms with E-state index in [-0.39, 0.29) is 34.2 Å². The molecule has 0 saturated carbocycles. The van der Waals surface area contributed by atoms with Gasteiger partial charge in [0.25, 0.3) is 5.91 Å². The first-order chi connectivity index (χ1) is 12.5. The summed E-state index contributed by atoms with van der Waals surface area (Å²) in [5.74, 6) is -1.67. The van der Waals surface area contributed by atoms with Crippen molar-refractivity contribution in [3.05, 3.63) is 44.5 Å². The van der Waals surface area contributed by atoms with Crippen LogP contribution < -0.4 is 11.1 Å². The van der Waals surface area contributed by atoms with Crippen LogP contribution in [0.5, 0.6) is 0 Å². The average Bonchev–Trinajstić information content (AvgIpc) is 3.25. The maximum Gasteiger partial charge on any atom is 0.341 e. The quantitative estimate of drug-likeness (QED) is 0.552. The van der Waals surface area contributed by atoms with E-state index in [1.165, 1.54) is 24.5 Å². The van der Waals surface area contributed by atoms with Gasteiger partial charge >= 0.3 is 11.9 Å². The summed E-state index contributed by atoms with van der Waals surface area (Å²) in [4.78, 5) is 36.3. The molecule has 0 saturated heterocycles. The number of hydrogen-bond donors (Lipinski definition) is 2. The van der Waals surface area contributed by atoms with E-state index in [0.717, 1.165) is 16.9 Å². The lowest BCUT2D eigenvalue weighted by molar-refractivity contribution is -0.138. The predicted octanol–water partition coefficient (Wildman–Crippen LogP) is 2.68. The van der Waals surface area contributed by atoms with E-state index >= 15 is 0 Å². The Morgan fingerprint density at radius 3 is 2.69 bits per heavy atom. The highest BCUT2D eigenvalue weighted by Gasteiger charge is 2.27. The highest BCUT2D eigenvalue weighted by Crippen LogP contribution is 2.32. The second kappa shape index (κ2) is 9.16. The van der Waals surface area contributed by atoms with E-state index < -0.39 is 17.8 Å². The van der Waals surface area contributed by atoms with Crippen molar-refractivity contribution in [3.8, 4) is 0 Å². The Morgan fingerprint density at radius 2 is 2.08 bits per heavy atom. The van der Waals surface area contributed by atoms with Gasteiger partial charge in [-0.1, -0.05) is 0 Å². The number of amides is 1. The Balaban J connectivity index is 2.21. The van der Waals surface area contributed by atoms with Gasteiger partial charge in [-0.25, -0.2) is 9.59 Å². The highest BCUT2D eigenvalue weighted by molar-refractivity contribution is 7.18. The van der Waals surface area contributed by atoms with Gasteiger partial charge in [0.05, 0.1) is 6.61 Å². The van der Waals surface area contributed by atoms with Crippen molar-refractivity contribution in [2.24, 2.45) is 0 Å². The van der Waals surface area contributed by atoms with Crippen LogP contribution in [0, 0.1) is 0 Å². The first kappa shape index (κ1) is 19.7. The normalized spacial score (nSPS) is 10.7. The number of nitrogens with two attached hydrogens (primary N) is 1. The lowest BCUT2D eigenvalue weighted by Crippen LogP contribution is -2.19. The second-order valence-electron chi connectivity index (χ2n) is 4.95. The van der Waals surface area contributed by atoms with Crippen LogP contribution in [0.2, 0.25) is 0 Å². The van der Waals surface area contributed by atoms with Gasteiger partial charge in [-0.15, -0.1) is 11.3 Å². The van der Waals surface area contributed by atoms with Gasteiger partial charge in [0.2, 0.25) is 0 Å². The third kappa shape index (κ3) is 4.70. The second-order valence-corrected chi connectivity index (χ2v) is 6.78. The number of carbonyl (C=O) groups is 3. The Hall–Kier alpha value is -2.65. The summed E-state index contributed by atoms with van der Waals surface area (Å²) < 4.78 is 10.2. The minimum atomic E-state index is -0.656. The number of esters is 2. The average molecular weight is 394 g/mol. The zero-order valence-electron chi connectivity index (χ0n) is 14.2. The summed E-state index contributed by atoms with van der Waals surface area (Å²) in [6, 6.07) is 1.86. The molecule has 0 unspecified atom stereocenters. The minimum Gasteiger partial charge on any atom is -0.462 e. The molecular weight excluding hydrogens is 376 g/mol. The van der Waals surface area contributed by atoms with Crippen molar-refractivity contribution in [1.29, 1.82) is 0 Å². The number of rotatable bonds is 7. The lowest BCUT2D eigenvalue weighted by atomic mass is 10.1. The van der Waals surface area contributed by atoms with Crippen molar-refractivity contribution in [2.75, 3.05) is 19.4 Å². The number of carbonyl (C=O) groups excluding carboxylic acids is 3. The van der Waals surface area contributed by atoms with E-state index in [9.17, 15) is 14.4 Å². The van der Waals surface area contributed by atoms with E-state index in [2.05, 4.69) is 5.32 Å². The molecule has 2 aromatic heterocycles. The van der Waals surface area contributed by atoms with Crippen LogP contribution in [0.3, 0.4) is 0 Å². The molecule has 0 aliphatic carbocycles. The summed E-state index contributed by atoms with van der Waals surface area (Å²) in [5, 5.41) is 6.39. The Morgan fingerprint density at radius 1 is 1.31 bits per heavy atom. The summed E-state index contributed by atoms with van der Waals surface area (Å²) in [5.41, 5.74) is 7.06. The smallest absolute Gasteiger partial charge is 0.341 e. The van der Waals surface area contributed by atoms with Crippen LogP contribution in [0.1, 0.15) is 38.1 Å². The van der Waals surface area contributed by atoms with Gasteiger partial charge < -0.3 is 20.5 Å². The third-order valence-corrected chi connectivity index (χ3v) is 5.02. The maximum absolute atomic E-state index is 12.2. The molecule has 0 fully saturated rings. The minimum absolute atomic E-state index is 0.0602. The number of anilines is 1. The fourth-order valence-corrected chi connectivity index (χ4v) is 3.71. The molecule has 9 heteroatoms. The van der Waals surface area contributed by atoms with Crippen LogP contribution in [-0.4, -0.2) is 31.5 Å². The third-order valence-electron chi connectivity index (χ3n) is 3.26. The molecule has 26 heavy (non-hydrogen) atoms. The number of ether oxygens (including phenoxy) is 2. The van der Waals surface area contributed by atoms with Crippen LogP contribution >= 0.6 is 22.7 Å². The molecule has 0 radical (unpaired) electrons. The van der Waals surface area contributed by atoms with Gasteiger partial charge in [-0.05, 0) is 35.4 Å². The fourth-order valence-electron chi connectivity index (χ4n) is 2.07. The Kier molecular flexibility index (Phi) is 6.93. The van der Waals surface area contributed by atoms with E-state index in [4.69, 9.17) is 15.2 Å². The molecule has 0 aromatic carbocycles. The van der Waals surface area contributed by atoms with Crippen molar-refractivity contribution in [3.63, 3.8) is 0 Å². The number of hydrogen-bond acceptors (Lipinski definition) is 8. The van der Waals surface area contributed by atoms with Gasteiger partial charge in [0.1, 0.15) is 22.0 Å². The molecule has 2 heterocycles. The number of nitrogens with one attached hydrogen (secondary N) is 1. The van der Waals surface area contributed by atoms with Crippen LogP contribution in [0.15, 0.2) is 22.9 Å². The van der Waals surface area contributed by atoms with E-state index in [0.29, 0.717) is 0 Å². The molecule has 0 atom stereocenters. The topological polar surface area (TPSA) is 108 Å². The highest BCUT2D eigenvalue weighted by atomic mass is 32.1. The molecule has 0 aliphatic heterocycles. The molecule has 0 bridgehead atoms. The summed E-state index contributed by atoms with van der Waals surface area (Å²) in [6.07, 6.45) is 2.90. The number of thiophene rings is 2. The molecule has 138 valence electrons. The van der Waals surface area contributed by atoms with Gasteiger partial charge in [0, 0.05) is 18.7 Å². The molecule has 1 amide bonds. The number of nitrogen functional groups attached to an aromatic ring is 1. The van der Waals surface area contributed by atoms with Crippen molar-refractivity contribution in [1.82, 2.24) is 5.32 Å². The fraction of sp³-hybridized carbons (Fsp3) is 0.235. The molecule has 3 N–H and O–H groups in total. The van der Waals surface area contributed by atoms with Crippen molar-refractivity contribution >= 4 is 51.6 Å². The SMILES string of the molecule is CCOC(=O)c1c(N)sc(C(=O)NC)c1COC(=O)/C=C/c1ccsc1. The zero-order chi connectivity index (χ0) is 19.1. The summed E-state index contributed by atoms with van der Waals surface area (Å²) in [6.45, 7) is 1.55. The van der Waals surface area contributed by atoms with Crippen LogP contribution in [0.4, 0.5) is 5.00 Å². The van der Waals surface area contributed by atoms with Gasteiger partial charge in [-0.2, -0.15) is 11.3 Å². The molecular formula is C17H18N2O5S2. The van der Waals surface area contributed by atoms with Gasteiger partial charge in [0.15, 0.2) is 0 Å². The lowest BCUT2D eigenvalue weighted by Gasteiger charge is -2.07.